The first-order valence-electron chi connectivity index (χ1n) is 11.8. The van der Waals surface area contributed by atoms with Crippen LogP contribution < -0.4 is 18.4 Å². The van der Waals surface area contributed by atoms with Crippen LogP contribution in [0.5, 0.6) is 11.5 Å². The van der Waals surface area contributed by atoms with Crippen LogP contribution in [0.25, 0.3) is 0 Å². The van der Waals surface area contributed by atoms with Crippen molar-refractivity contribution in [1.82, 2.24) is 0 Å². The van der Waals surface area contributed by atoms with Crippen LogP contribution in [0.1, 0.15) is 90.2 Å². The van der Waals surface area contributed by atoms with Gasteiger partial charge in [0.1, 0.15) is 0 Å². The summed E-state index contributed by atoms with van der Waals surface area (Å²) in [6, 6.07) is 9.08. The van der Waals surface area contributed by atoms with Crippen molar-refractivity contribution in [2.75, 3.05) is 13.2 Å². The van der Waals surface area contributed by atoms with E-state index in [0.717, 1.165) is 50.4 Å². The molecule has 6 heteroatoms. The van der Waals surface area contributed by atoms with Gasteiger partial charge in [0.2, 0.25) is 0 Å². The van der Waals surface area contributed by atoms with E-state index in [1.54, 1.807) is 0 Å². The van der Waals surface area contributed by atoms with Crippen molar-refractivity contribution in [2.24, 2.45) is 0 Å². The third kappa shape index (κ3) is 6.46. The molecule has 1 aliphatic rings. The van der Waals surface area contributed by atoms with Crippen molar-refractivity contribution in [2.45, 2.75) is 88.9 Å². The second kappa shape index (κ2) is 13.0. The Morgan fingerprint density at radius 3 is 1.44 bits per heavy atom. The summed E-state index contributed by atoms with van der Waals surface area (Å²) in [5.41, 5.74) is 2.92. The first-order chi connectivity index (χ1) is 15.5. The van der Waals surface area contributed by atoms with E-state index in [1.807, 2.05) is 21.6 Å². The number of benzene rings is 2. The Morgan fingerprint density at radius 2 is 1.09 bits per heavy atom. The number of hydrogen-bond acceptors (Lipinski definition) is 4. The van der Waals surface area contributed by atoms with Gasteiger partial charge in [-0.1, -0.05) is 0 Å². The van der Waals surface area contributed by atoms with Crippen LogP contribution in [-0.2, 0) is 0 Å². The van der Waals surface area contributed by atoms with Gasteiger partial charge in [0.05, 0.1) is 0 Å². The molecule has 0 amide bonds. The van der Waals surface area contributed by atoms with Gasteiger partial charge in [-0.25, -0.2) is 0 Å². The molecule has 0 bridgehead atoms. The molecule has 0 spiro atoms. The summed E-state index contributed by atoms with van der Waals surface area (Å²) in [6.07, 6.45) is 4.54. The third-order valence-electron chi connectivity index (χ3n) is 5.38. The molecule has 2 nitrogen and oxygen atoms in total. The van der Waals surface area contributed by atoms with Gasteiger partial charge in [0.25, 0.3) is 0 Å². The van der Waals surface area contributed by atoms with Crippen molar-refractivity contribution >= 4 is 56.8 Å². The standard InChI is InChI=1S/C26H36O2S2Se2/c1-7-9-15-27-21-13-11-19(17(3)4)23-25(21)31-32-26-22(28-16-10-8-2)14-12-20(18(5)6)24(26)30-29-23/h11-14,17-18H,7-10,15-16H2,1-6H3. The maximum absolute atomic E-state index is 6.31. The summed E-state index contributed by atoms with van der Waals surface area (Å²) in [6.45, 7) is 15.3. The Hall–Kier alpha value is -0.221. The molecule has 3 rings (SSSR count). The summed E-state index contributed by atoms with van der Waals surface area (Å²) >= 11 is 0.714. The third-order valence-corrected chi connectivity index (χ3v) is 15.6. The van der Waals surface area contributed by atoms with Crippen molar-refractivity contribution in [3.05, 3.63) is 35.4 Å². The summed E-state index contributed by atoms with van der Waals surface area (Å²) in [5.74, 6) is 3.25. The molecule has 0 radical (unpaired) electrons. The topological polar surface area (TPSA) is 18.5 Å². The van der Waals surface area contributed by atoms with Crippen LogP contribution in [0.2, 0.25) is 0 Å². The van der Waals surface area contributed by atoms with Gasteiger partial charge in [0, 0.05) is 0 Å². The van der Waals surface area contributed by atoms with Gasteiger partial charge in [-0.3, -0.25) is 0 Å². The fraction of sp³-hybridized carbons (Fsp3) is 0.538. The Balaban J connectivity index is 2.01. The number of unbranched alkanes of at least 4 members (excludes halogenated alkanes) is 2. The average Bonchev–Trinajstić information content (AvgIpc) is 2.75. The van der Waals surface area contributed by atoms with Gasteiger partial charge in [0.15, 0.2) is 0 Å². The number of ether oxygens (including phenoxy) is 2. The molecular weight excluding hydrogens is 566 g/mol. The van der Waals surface area contributed by atoms with E-state index < -0.39 is 0 Å². The second-order valence-electron chi connectivity index (χ2n) is 8.67. The van der Waals surface area contributed by atoms with Crippen molar-refractivity contribution in [1.29, 1.82) is 0 Å². The molecule has 2 aromatic rings. The Labute approximate surface area is 214 Å². The molecule has 0 unspecified atom stereocenters. The SMILES string of the molecule is CCCCOc1ccc(C(C)C)c2c1[Se][Se]c1c(OCCCC)ccc(C(C)C)c1SS2. The zero-order valence-corrected chi connectivity index (χ0v) is 25.2. The zero-order valence-electron chi connectivity index (χ0n) is 20.2. The molecule has 1 aliphatic heterocycles. The second-order valence-corrected chi connectivity index (χ2v) is 16.9. The maximum atomic E-state index is 6.31. The number of rotatable bonds is 10. The molecular formula is C26H36O2S2Se2. The summed E-state index contributed by atoms with van der Waals surface area (Å²) in [4.78, 5) is 2.91. The normalized spacial score (nSPS) is 13.5. The first-order valence-corrected chi connectivity index (χ1v) is 20.0. The molecule has 1 heterocycles. The Morgan fingerprint density at radius 1 is 0.688 bits per heavy atom. The molecule has 0 aliphatic carbocycles. The molecule has 0 atom stereocenters. The van der Waals surface area contributed by atoms with Gasteiger partial charge < -0.3 is 0 Å². The summed E-state index contributed by atoms with van der Waals surface area (Å²) in [7, 11) is 3.90. The molecule has 0 saturated carbocycles. The van der Waals surface area contributed by atoms with Crippen molar-refractivity contribution in [3.63, 3.8) is 0 Å². The van der Waals surface area contributed by atoms with Crippen LogP contribution in [0.15, 0.2) is 34.1 Å². The van der Waals surface area contributed by atoms with Crippen molar-refractivity contribution < 1.29 is 9.47 Å². The number of hydrogen-bond donors (Lipinski definition) is 0. The van der Waals surface area contributed by atoms with E-state index >= 15 is 0 Å². The number of fused-ring (bicyclic) bond motifs is 2. The Bertz CT molecular complexity index is 826. The van der Waals surface area contributed by atoms with Crippen LogP contribution in [0.4, 0.5) is 0 Å². The summed E-state index contributed by atoms with van der Waals surface area (Å²) in [5, 5.41) is 0. The van der Waals surface area contributed by atoms with E-state index in [4.69, 9.17) is 9.47 Å². The van der Waals surface area contributed by atoms with E-state index in [1.165, 1.54) is 29.8 Å². The predicted octanol–water partition coefficient (Wildman–Crippen LogP) is 6.68. The molecule has 0 fully saturated rings. The van der Waals surface area contributed by atoms with Gasteiger partial charge in [-0.05, 0) is 0 Å². The molecule has 0 saturated heterocycles. The van der Waals surface area contributed by atoms with Crippen LogP contribution >= 0.6 is 21.6 Å². The molecule has 0 N–H and O–H groups in total. The van der Waals surface area contributed by atoms with Crippen molar-refractivity contribution in [3.8, 4) is 11.5 Å². The molecule has 176 valence electrons. The quantitative estimate of drug-likeness (QED) is 0.172. The molecule has 0 aromatic heterocycles. The molecule has 32 heavy (non-hydrogen) atoms. The minimum absolute atomic E-state index is 0.357. The fourth-order valence-corrected chi connectivity index (χ4v) is 16.7. The van der Waals surface area contributed by atoms with E-state index in [9.17, 15) is 0 Å². The van der Waals surface area contributed by atoms with Gasteiger partial charge >= 0.3 is 215 Å². The van der Waals surface area contributed by atoms with E-state index in [2.05, 4.69) is 65.8 Å². The summed E-state index contributed by atoms with van der Waals surface area (Å²) < 4.78 is 15.6. The van der Waals surface area contributed by atoms with E-state index in [-0.39, 0.29) is 0 Å². The van der Waals surface area contributed by atoms with Crippen LogP contribution in [0.3, 0.4) is 0 Å². The fourth-order valence-electron chi connectivity index (χ4n) is 3.41. The van der Waals surface area contributed by atoms with Gasteiger partial charge in [-0.2, -0.15) is 0 Å². The predicted molar refractivity (Wildman–Crippen MR) is 144 cm³/mol. The monoisotopic (exact) mass is 604 g/mol. The Kier molecular flexibility index (Phi) is 10.7. The average molecular weight is 603 g/mol. The van der Waals surface area contributed by atoms with Crippen LogP contribution in [0, 0.1) is 0 Å². The van der Waals surface area contributed by atoms with Crippen LogP contribution in [-0.4, -0.2) is 39.5 Å². The minimum atomic E-state index is 0.357. The van der Waals surface area contributed by atoms with Gasteiger partial charge in [-0.15, -0.1) is 0 Å². The molecule has 2 aromatic carbocycles. The first kappa shape index (κ1) is 26.4. The van der Waals surface area contributed by atoms with E-state index in [0.29, 0.717) is 38.1 Å². The zero-order chi connectivity index (χ0) is 23.1.